The molecule has 0 bridgehead atoms. The van der Waals surface area contributed by atoms with E-state index in [9.17, 15) is 0 Å². The molecule has 2 heteroatoms. The molecule has 0 aliphatic heterocycles. The summed E-state index contributed by atoms with van der Waals surface area (Å²) in [7, 11) is 0. The summed E-state index contributed by atoms with van der Waals surface area (Å²) in [6.07, 6.45) is 1.16. The summed E-state index contributed by atoms with van der Waals surface area (Å²) in [6.45, 7) is 4.08. The highest BCUT2D eigenvalue weighted by atomic mass is 14.8. The second-order valence-corrected chi connectivity index (χ2v) is 2.88. The first kappa shape index (κ1) is 9.07. The van der Waals surface area contributed by atoms with Crippen LogP contribution in [0.25, 0.3) is 0 Å². The van der Waals surface area contributed by atoms with Gasteiger partial charge in [-0.25, -0.2) is 0 Å². The topological polar surface area (TPSA) is 38.0 Å². The molecule has 0 atom stereocenters. The number of hydrogen-bond acceptors (Lipinski definition) is 2. The first-order valence-electron chi connectivity index (χ1n) is 4.38. The predicted molar refractivity (Wildman–Crippen MR) is 52.9 cm³/mol. The molecule has 1 aromatic carbocycles. The molecule has 0 unspecified atom stereocenters. The van der Waals surface area contributed by atoms with Crippen molar-refractivity contribution in [1.29, 1.82) is 0 Å². The number of para-hydroxylation sites is 1. The molecular formula is C10H16N2. The van der Waals surface area contributed by atoms with E-state index < -0.39 is 0 Å². The Hall–Kier alpha value is -1.02. The third kappa shape index (κ3) is 2.55. The smallest absolute Gasteiger partial charge is 0.0359 e. The minimum Gasteiger partial charge on any atom is -0.398 e. The van der Waals surface area contributed by atoms with Crippen molar-refractivity contribution in [3.63, 3.8) is 0 Å². The van der Waals surface area contributed by atoms with E-state index in [1.807, 2.05) is 18.2 Å². The van der Waals surface area contributed by atoms with Crippen LogP contribution in [-0.2, 0) is 6.54 Å². The van der Waals surface area contributed by atoms with Crippen molar-refractivity contribution in [2.45, 2.75) is 19.9 Å². The molecule has 0 aromatic heterocycles. The lowest BCUT2D eigenvalue weighted by atomic mass is 10.2. The van der Waals surface area contributed by atoms with E-state index in [0.29, 0.717) is 0 Å². The highest BCUT2D eigenvalue weighted by molar-refractivity contribution is 5.46. The Morgan fingerprint density at radius 2 is 2.08 bits per heavy atom. The number of benzene rings is 1. The maximum absolute atomic E-state index is 5.76. The van der Waals surface area contributed by atoms with Crippen LogP contribution in [0.5, 0.6) is 0 Å². The molecule has 0 radical (unpaired) electrons. The Bertz CT molecular complexity index is 233. The summed E-state index contributed by atoms with van der Waals surface area (Å²) in [5.41, 5.74) is 7.82. The molecule has 12 heavy (non-hydrogen) atoms. The fourth-order valence-corrected chi connectivity index (χ4v) is 1.10. The van der Waals surface area contributed by atoms with Gasteiger partial charge in [0.05, 0.1) is 0 Å². The fraction of sp³-hybridized carbons (Fsp3) is 0.400. The van der Waals surface area contributed by atoms with Crippen molar-refractivity contribution in [3.8, 4) is 0 Å². The third-order valence-corrected chi connectivity index (χ3v) is 1.80. The summed E-state index contributed by atoms with van der Waals surface area (Å²) in [6, 6.07) is 7.96. The molecule has 0 saturated heterocycles. The van der Waals surface area contributed by atoms with Crippen LogP contribution >= 0.6 is 0 Å². The summed E-state index contributed by atoms with van der Waals surface area (Å²) in [5, 5.41) is 3.31. The molecule has 0 heterocycles. The van der Waals surface area contributed by atoms with Crippen molar-refractivity contribution in [1.82, 2.24) is 5.32 Å². The molecule has 1 aromatic rings. The second kappa shape index (κ2) is 4.78. The Morgan fingerprint density at radius 1 is 1.33 bits per heavy atom. The van der Waals surface area contributed by atoms with E-state index in [0.717, 1.165) is 25.2 Å². The van der Waals surface area contributed by atoms with Gasteiger partial charge in [0.25, 0.3) is 0 Å². The molecule has 1 rings (SSSR count). The first-order valence-corrected chi connectivity index (χ1v) is 4.38. The highest BCUT2D eigenvalue weighted by Gasteiger charge is 1.94. The van der Waals surface area contributed by atoms with Gasteiger partial charge in [-0.1, -0.05) is 25.1 Å². The highest BCUT2D eigenvalue weighted by Crippen LogP contribution is 2.09. The van der Waals surface area contributed by atoms with Gasteiger partial charge >= 0.3 is 0 Å². The normalized spacial score (nSPS) is 10.1. The molecule has 2 nitrogen and oxygen atoms in total. The van der Waals surface area contributed by atoms with E-state index in [4.69, 9.17) is 5.73 Å². The van der Waals surface area contributed by atoms with Crippen LogP contribution in [0, 0.1) is 0 Å². The molecule has 0 aliphatic carbocycles. The van der Waals surface area contributed by atoms with E-state index in [2.05, 4.69) is 18.3 Å². The van der Waals surface area contributed by atoms with Crippen LogP contribution < -0.4 is 11.1 Å². The quantitative estimate of drug-likeness (QED) is 0.525. The van der Waals surface area contributed by atoms with Crippen LogP contribution in [0.4, 0.5) is 5.69 Å². The SMILES string of the molecule is CCCNCc1ccccc1N. The van der Waals surface area contributed by atoms with Crippen molar-refractivity contribution >= 4 is 5.69 Å². The molecule has 0 saturated carbocycles. The largest absolute Gasteiger partial charge is 0.398 e. The van der Waals surface area contributed by atoms with Crippen molar-refractivity contribution in [3.05, 3.63) is 29.8 Å². The van der Waals surface area contributed by atoms with Gasteiger partial charge in [-0.2, -0.15) is 0 Å². The minimum absolute atomic E-state index is 0.876. The third-order valence-electron chi connectivity index (χ3n) is 1.80. The number of anilines is 1. The van der Waals surface area contributed by atoms with E-state index in [-0.39, 0.29) is 0 Å². The summed E-state index contributed by atoms with van der Waals surface area (Å²) in [5.74, 6) is 0. The number of nitrogens with two attached hydrogens (primary N) is 1. The van der Waals surface area contributed by atoms with Crippen molar-refractivity contribution in [2.75, 3.05) is 12.3 Å². The molecule has 0 spiro atoms. The van der Waals surface area contributed by atoms with E-state index >= 15 is 0 Å². The molecule has 3 N–H and O–H groups in total. The zero-order valence-corrected chi connectivity index (χ0v) is 7.51. The van der Waals surface area contributed by atoms with Crippen molar-refractivity contribution < 1.29 is 0 Å². The molecule has 66 valence electrons. The lowest BCUT2D eigenvalue weighted by Gasteiger charge is -2.05. The Balaban J connectivity index is 2.46. The lowest BCUT2D eigenvalue weighted by Crippen LogP contribution is -2.14. The second-order valence-electron chi connectivity index (χ2n) is 2.88. The zero-order chi connectivity index (χ0) is 8.81. The Morgan fingerprint density at radius 3 is 2.75 bits per heavy atom. The average molecular weight is 164 g/mol. The Kier molecular flexibility index (Phi) is 3.61. The number of rotatable bonds is 4. The molecule has 0 fully saturated rings. The van der Waals surface area contributed by atoms with Gasteiger partial charge in [-0.3, -0.25) is 0 Å². The zero-order valence-electron chi connectivity index (χ0n) is 7.51. The maximum Gasteiger partial charge on any atom is 0.0359 e. The van der Waals surface area contributed by atoms with Gasteiger partial charge in [0.2, 0.25) is 0 Å². The van der Waals surface area contributed by atoms with Gasteiger partial charge in [0.15, 0.2) is 0 Å². The maximum atomic E-state index is 5.76. The number of nitrogen functional groups attached to an aromatic ring is 1. The van der Waals surface area contributed by atoms with Crippen LogP contribution in [0.15, 0.2) is 24.3 Å². The molecule has 0 amide bonds. The van der Waals surface area contributed by atoms with Gasteiger partial charge in [-0.15, -0.1) is 0 Å². The van der Waals surface area contributed by atoms with Crippen LogP contribution in [0.1, 0.15) is 18.9 Å². The summed E-state index contributed by atoms with van der Waals surface area (Å²) in [4.78, 5) is 0. The standard InChI is InChI=1S/C10H16N2/c1-2-7-12-8-9-5-3-4-6-10(9)11/h3-6,12H,2,7-8,11H2,1H3. The van der Waals surface area contributed by atoms with Gasteiger partial charge < -0.3 is 11.1 Å². The average Bonchev–Trinajstić information content (AvgIpc) is 2.09. The lowest BCUT2D eigenvalue weighted by molar-refractivity contribution is 0.676. The Labute approximate surface area is 73.8 Å². The minimum atomic E-state index is 0.876. The van der Waals surface area contributed by atoms with Crippen LogP contribution in [-0.4, -0.2) is 6.54 Å². The van der Waals surface area contributed by atoms with Crippen molar-refractivity contribution in [2.24, 2.45) is 0 Å². The van der Waals surface area contributed by atoms with Gasteiger partial charge in [0.1, 0.15) is 0 Å². The molecule has 0 aliphatic rings. The monoisotopic (exact) mass is 164 g/mol. The summed E-state index contributed by atoms with van der Waals surface area (Å²) < 4.78 is 0. The molecular weight excluding hydrogens is 148 g/mol. The van der Waals surface area contributed by atoms with Crippen LogP contribution in [0.3, 0.4) is 0 Å². The van der Waals surface area contributed by atoms with E-state index in [1.165, 1.54) is 5.56 Å². The van der Waals surface area contributed by atoms with Crippen LogP contribution in [0.2, 0.25) is 0 Å². The number of nitrogens with one attached hydrogen (secondary N) is 1. The summed E-state index contributed by atoms with van der Waals surface area (Å²) >= 11 is 0. The predicted octanol–water partition coefficient (Wildman–Crippen LogP) is 1.77. The first-order chi connectivity index (χ1) is 5.84. The number of hydrogen-bond donors (Lipinski definition) is 2. The van der Waals surface area contributed by atoms with Gasteiger partial charge in [-0.05, 0) is 24.6 Å². The fourth-order valence-electron chi connectivity index (χ4n) is 1.10. The van der Waals surface area contributed by atoms with E-state index in [1.54, 1.807) is 0 Å². The van der Waals surface area contributed by atoms with Gasteiger partial charge in [0, 0.05) is 12.2 Å².